The van der Waals surface area contributed by atoms with Gasteiger partial charge in [0.2, 0.25) is 5.75 Å². The predicted molar refractivity (Wildman–Crippen MR) is 119 cm³/mol. The van der Waals surface area contributed by atoms with E-state index in [0.717, 1.165) is 25.7 Å². The molecule has 0 saturated heterocycles. The van der Waals surface area contributed by atoms with Crippen LogP contribution in [0.5, 0.6) is 5.75 Å². The van der Waals surface area contributed by atoms with Gasteiger partial charge in [-0.3, -0.25) is 20.0 Å². The lowest BCUT2D eigenvalue weighted by Crippen LogP contribution is -2.25. The molecule has 0 radical (unpaired) electrons. The first-order valence-corrected chi connectivity index (χ1v) is 10.3. The third-order valence-electron chi connectivity index (χ3n) is 4.63. The van der Waals surface area contributed by atoms with Crippen molar-refractivity contribution >= 4 is 29.2 Å². The van der Waals surface area contributed by atoms with Crippen LogP contribution in [-0.4, -0.2) is 34.2 Å². The first-order valence-electron chi connectivity index (χ1n) is 9.96. The Kier molecular flexibility index (Phi) is 9.09. The molecule has 2 aromatic rings. The predicted octanol–water partition coefficient (Wildman–Crippen LogP) is 6.11. The van der Waals surface area contributed by atoms with Crippen molar-refractivity contribution in [1.29, 1.82) is 0 Å². The van der Waals surface area contributed by atoms with Crippen LogP contribution in [0.15, 0.2) is 41.4 Å². The second kappa shape index (κ2) is 11.5. The number of phenolic OH excluding ortho intramolecular Hbond substituents is 1. The Balaban J connectivity index is 2.09. The summed E-state index contributed by atoms with van der Waals surface area (Å²) in [5.74, 6) is -0.442. The van der Waals surface area contributed by atoms with Gasteiger partial charge in [-0.2, -0.15) is 0 Å². The van der Waals surface area contributed by atoms with Crippen molar-refractivity contribution in [3.8, 4) is 5.75 Å². The summed E-state index contributed by atoms with van der Waals surface area (Å²) in [6.07, 6.45) is 6.15. The lowest BCUT2D eigenvalue weighted by atomic mass is 10.1. The highest BCUT2D eigenvalue weighted by Crippen LogP contribution is 2.32. The fourth-order valence-corrected chi connectivity index (χ4v) is 3.19. The van der Waals surface area contributed by atoms with Crippen LogP contribution in [0, 0.1) is 10.1 Å². The smallest absolute Gasteiger partial charge is 0.312 e. The fraction of sp³-hybridized carbons (Fsp3) is 0.409. The van der Waals surface area contributed by atoms with Gasteiger partial charge in [0.15, 0.2) is 0 Å². The number of benzene rings is 2. The van der Waals surface area contributed by atoms with Gasteiger partial charge < -0.3 is 5.11 Å². The van der Waals surface area contributed by atoms with Crippen LogP contribution in [0.3, 0.4) is 0 Å². The number of aromatic hydroxyl groups is 1. The molecule has 0 aliphatic rings. The van der Waals surface area contributed by atoms with Gasteiger partial charge in [-0.25, -0.2) is 0 Å². The number of unbranched alkanes of at least 4 members (excludes halogenated alkanes) is 2. The minimum absolute atomic E-state index is 0.172. The number of nitro benzene ring substituents is 1. The van der Waals surface area contributed by atoms with Crippen LogP contribution in [0.2, 0.25) is 5.02 Å². The summed E-state index contributed by atoms with van der Waals surface area (Å²) >= 11 is 5.91. The van der Waals surface area contributed by atoms with Crippen LogP contribution in [0.25, 0.3) is 0 Å². The van der Waals surface area contributed by atoms with Crippen molar-refractivity contribution in [2.75, 3.05) is 13.1 Å². The minimum atomic E-state index is -0.670. The molecular formula is C22H28ClN3O3. The highest BCUT2D eigenvalue weighted by Gasteiger charge is 2.17. The molecule has 0 bridgehead atoms. The van der Waals surface area contributed by atoms with E-state index in [1.807, 2.05) is 24.3 Å². The van der Waals surface area contributed by atoms with E-state index >= 15 is 0 Å². The summed E-state index contributed by atoms with van der Waals surface area (Å²) in [7, 11) is 0. The SMILES string of the molecule is CCCCN(CCCC)Cc1ccc(N=Cc2cc(Cl)cc([N+](=O)[O-])c2O)cc1. The summed E-state index contributed by atoms with van der Waals surface area (Å²) in [6, 6.07) is 10.4. The van der Waals surface area contributed by atoms with E-state index < -0.39 is 16.4 Å². The molecule has 0 saturated carbocycles. The molecule has 0 fully saturated rings. The van der Waals surface area contributed by atoms with Crippen LogP contribution in [-0.2, 0) is 6.54 Å². The van der Waals surface area contributed by atoms with E-state index in [-0.39, 0.29) is 10.6 Å². The first kappa shape index (κ1) is 22.8. The quantitative estimate of drug-likeness (QED) is 0.272. The molecule has 0 amide bonds. The van der Waals surface area contributed by atoms with Gasteiger partial charge in [-0.05, 0) is 49.7 Å². The van der Waals surface area contributed by atoms with Crippen LogP contribution in [0.4, 0.5) is 11.4 Å². The largest absolute Gasteiger partial charge is 0.502 e. The maximum atomic E-state index is 11.0. The normalized spacial score (nSPS) is 11.4. The Bertz CT molecular complexity index is 830. The molecule has 0 aromatic heterocycles. The third kappa shape index (κ3) is 7.15. The van der Waals surface area contributed by atoms with E-state index in [4.69, 9.17) is 11.6 Å². The maximum Gasteiger partial charge on any atom is 0.312 e. The van der Waals surface area contributed by atoms with Crippen molar-refractivity contribution in [3.63, 3.8) is 0 Å². The zero-order chi connectivity index (χ0) is 21.2. The van der Waals surface area contributed by atoms with Gasteiger partial charge in [0.05, 0.1) is 10.6 Å². The summed E-state index contributed by atoms with van der Waals surface area (Å²) in [5.41, 5.74) is 1.69. The van der Waals surface area contributed by atoms with E-state index in [9.17, 15) is 15.2 Å². The van der Waals surface area contributed by atoms with E-state index in [0.29, 0.717) is 5.69 Å². The van der Waals surface area contributed by atoms with Crippen LogP contribution < -0.4 is 0 Å². The highest BCUT2D eigenvalue weighted by atomic mass is 35.5. The molecule has 29 heavy (non-hydrogen) atoms. The number of halogens is 1. The second-order valence-electron chi connectivity index (χ2n) is 7.03. The molecule has 0 heterocycles. The van der Waals surface area contributed by atoms with Gasteiger partial charge in [0.25, 0.3) is 0 Å². The van der Waals surface area contributed by atoms with Gasteiger partial charge in [0.1, 0.15) is 0 Å². The summed E-state index contributed by atoms with van der Waals surface area (Å²) in [5, 5.41) is 21.2. The van der Waals surface area contributed by atoms with Gasteiger partial charge in [-0.15, -0.1) is 0 Å². The van der Waals surface area contributed by atoms with Crippen molar-refractivity contribution in [2.24, 2.45) is 4.99 Å². The number of rotatable bonds is 11. The Morgan fingerprint density at radius 1 is 1.14 bits per heavy atom. The van der Waals surface area contributed by atoms with Crippen molar-refractivity contribution in [3.05, 3.63) is 62.7 Å². The Morgan fingerprint density at radius 2 is 1.76 bits per heavy atom. The lowest BCUT2D eigenvalue weighted by Gasteiger charge is -2.22. The number of hydrogen-bond acceptors (Lipinski definition) is 5. The highest BCUT2D eigenvalue weighted by molar-refractivity contribution is 6.31. The van der Waals surface area contributed by atoms with E-state index in [1.54, 1.807) is 0 Å². The Morgan fingerprint density at radius 3 is 2.31 bits per heavy atom. The Hall–Kier alpha value is -2.44. The van der Waals surface area contributed by atoms with Gasteiger partial charge >= 0.3 is 5.69 Å². The monoisotopic (exact) mass is 417 g/mol. The molecule has 2 aromatic carbocycles. The molecule has 156 valence electrons. The third-order valence-corrected chi connectivity index (χ3v) is 4.85. The minimum Gasteiger partial charge on any atom is -0.502 e. The number of nitrogens with zero attached hydrogens (tertiary/aromatic N) is 3. The topological polar surface area (TPSA) is 79.0 Å². The molecule has 2 rings (SSSR count). The Labute approximate surface area is 177 Å². The van der Waals surface area contributed by atoms with Crippen molar-refractivity contribution in [1.82, 2.24) is 4.90 Å². The lowest BCUT2D eigenvalue weighted by molar-refractivity contribution is -0.385. The number of aliphatic imine (C=N–C) groups is 1. The van der Waals surface area contributed by atoms with E-state index in [1.165, 1.54) is 43.5 Å². The second-order valence-corrected chi connectivity index (χ2v) is 7.46. The number of nitro groups is 1. The number of hydrogen-bond donors (Lipinski definition) is 1. The molecule has 0 unspecified atom stereocenters. The fourth-order valence-electron chi connectivity index (χ4n) is 2.97. The molecule has 0 atom stereocenters. The average molecular weight is 418 g/mol. The van der Waals surface area contributed by atoms with Gasteiger partial charge in [0, 0.05) is 29.4 Å². The van der Waals surface area contributed by atoms with Crippen LogP contribution >= 0.6 is 11.6 Å². The summed E-state index contributed by atoms with van der Waals surface area (Å²) < 4.78 is 0. The molecule has 0 aliphatic carbocycles. The van der Waals surface area contributed by atoms with Crippen molar-refractivity contribution in [2.45, 2.75) is 46.1 Å². The average Bonchev–Trinajstić information content (AvgIpc) is 2.71. The molecule has 6 nitrogen and oxygen atoms in total. The zero-order valence-electron chi connectivity index (χ0n) is 17.0. The first-order chi connectivity index (χ1) is 13.9. The number of phenols is 1. The molecule has 7 heteroatoms. The summed E-state index contributed by atoms with van der Waals surface area (Å²) in [4.78, 5) is 17.1. The molecule has 0 spiro atoms. The van der Waals surface area contributed by atoms with Crippen LogP contribution in [0.1, 0.15) is 50.7 Å². The standard InChI is InChI=1S/C22H28ClN3O3/c1-3-5-11-25(12-6-4-2)16-17-7-9-20(10-8-17)24-15-18-13-19(23)14-21(22(18)27)26(28)29/h7-10,13-15,27H,3-6,11-12,16H2,1-2H3. The van der Waals surface area contributed by atoms with E-state index in [2.05, 4.69) is 23.7 Å². The molecule has 1 N–H and O–H groups in total. The van der Waals surface area contributed by atoms with Crippen molar-refractivity contribution < 1.29 is 10.0 Å². The molecule has 0 aliphatic heterocycles. The summed E-state index contributed by atoms with van der Waals surface area (Å²) in [6.45, 7) is 7.52. The zero-order valence-corrected chi connectivity index (χ0v) is 17.7. The molecular weight excluding hydrogens is 390 g/mol. The van der Waals surface area contributed by atoms with Gasteiger partial charge in [-0.1, -0.05) is 50.4 Å². The maximum absolute atomic E-state index is 11.0.